The summed E-state index contributed by atoms with van der Waals surface area (Å²) in [5.41, 5.74) is 2.96. The maximum absolute atomic E-state index is 12.9. The second-order valence-electron chi connectivity index (χ2n) is 5.48. The van der Waals surface area contributed by atoms with Gasteiger partial charge in [-0.1, -0.05) is 41.6 Å². The molecule has 0 unspecified atom stereocenters. The van der Waals surface area contributed by atoms with Crippen LogP contribution in [-0.2, 0) is 4.79 Å². The van der Waals surface area contributed by atoms with Gasteiger partial charge in [0.15, 0.2) is 5.17 Å². The van der Waals surface area contributed by atoms with E-state index in [1.54, 1.807) is 24.2 Å². The van der Waals surface area contributed by atoms with Crippen molar-refractivity contribution < 1.29 is 9.53 Å². The van der Waals surface area contributed by atoms with Crippen LogP contribution in [0.2, 0.25) is 5.02 Å². The zero-order valence-corrected chi connectivity index (χ0v) is 15.7. The van der Waals surface area contributed by atoms with E-state index in [4.69, 9.17) is 16.3 Å². The van der Waals surface area contributed by atoms with E-state index < -0.39 is 0 Å². The van der Waals surface area contributed by atoms with Crippen LogP contribution < -0.4 is 9.64 Å². The molecule has 3 rings (SSSR count). The van der Waals surface area contributed by atoms with E-state index in [-0.39, 0.29) is 5.91 Å². The smallest absolute Gasteiger partial charge is 0.283 e. The Hall–Kier alpha value is -2.24. The number of amidine groups is 1. The molecule has 0 N–H and O–H groups in total. The molecule has 1 aliphatic rings. The molecule has 0 atom stereocenters. The quantitative estimate of drug-likeness (QED) is 0.729. The molecule has 4 nitrogen and oxygen atoms in total. The van der Waals surface area contributed by atoms with Crippen molar-refractivity contribution >= 4 is 46.2 Å². The standard InChI is InChI=1S/C19H17ClN2O2S/c1-12-4-7-14(11-16(12)20)22-18(23)17(21-19(22)25-3)10-13-5-8-15(24-2)9-6-13/h4-11H,1-3H3/b17-10-. The minimum Gasteiger partial charge on any atom is -0.497 e. The molecule has 6 heteroatoms. The van der Waals surface area contributed by atoms with Crippen molar-refractivity contribution in [3.63, 3.8) is 0 Å². The Morgan fingerprint density at radius 1 is 1.20 bits per heavy atom. The summed E-state index contributed by atoms with van der Waals surface area (Å²) in [6.07, 6.45) is 3.67. The highest BCUT2D eigenvalue weighted by molar-refractivity contribution is 8.13. The van der Waals surface area contributed by atoms with Gasteiger partial charge < -0.3 is 4.74 Å². The van der Waals surface area contributed by atoms with E-state index in [1.807, 2.05) is 49.6 Å². The van der Waals surface area contributed by atoms with Crippen LogP contribution >= 0.6 is 23.4 Å². The summed E-state index contributed by atoms with van der Waals surface area (Å²) >= 11 is 7.64. The van der Waals surface area contributed by atoms with Crippen LogP contribution in [0.4, 0.5) is 5.69 Å². The van der Waals surface area contributed by atoms with Gasteiger partial charge in [0.25, 0.3) is 5.91 Å². The molecule has 128 valence electrons. The lowest BCUT2D eigenvalue weighted by Crippen LogP contribution is -2.30. The molecule has 0 saturated heterocycles. The Labute approximate surface area is 156 Å². The van der Waals surface area contributed by atoms with Crippen molar-refractivity contribution in [1.29, 1.82) is 0 Å². The van der Waals surface area contributed by atoms with E-state index in [9.17, 15) is 4.79 Å². The van der Waals surface area contributed by atoms with Crippen LogP contribution in [0.15, 0.2) is 53.2 Å². The van der Waals surface area contributed by atoms with Gasteiger partial charge in [0.05, 0.1) is 12.8 Å². The number of hydrogen-bond donors (Lipinski definition) is 0. The first-order valence-electron chi connectivity index (χ1n) is 7.62. The molecule has 2 aromatic rings. The number of ether oxygens (including phenoxy) is 1. The lowest BCUT2D eigenvalue weighted by Gasteiger charge is -2.17. The summed E-state index contributed by atoms with van der Waals surface area (Å²) < 4.78 is 5.15. The molecule has 0 radical (unpaired) electrons. The fourth-order valence-corrected chi connectivity index (χ4v) is 3.18. The number of benzene rings is 2. The topological polar surface area (TPSA) is 41.9 Å². The van der Waals surface area contributed by atoms with Crippen LogP contribution in [0.1, 0.15) is 11.1 Å². The number of hydrogen-bond acceptors (Lipinski definition) is 4. The first-order chi connectivity index (χ1) is 12.0. The van der Waals surface area contributed by atoms with Crippen molar-refractivity contribution in [1.82, 2.24) is 0 Å². The lowest BCUT2D eigenvalue weighted by atomic mass is 10.1. The first-order valence-corrected chi connectivity index (χ1v) is 9.23. The zero-order valence-electron chi connectivity index (χ0n) is 14.1. The summed E-state index contributed by atoms with van der Waals surface area (Å²) in [7, 11) is 1.62. The summed E-state index contributed by atoms with van der Waals surface area (Å²) in [5, 5.41) is 1.25. The van der Waals surface area contributed by atoms with Gasteiger partial charge in [-0.15, -0.1) is 0 Å². The van der Waals surface area contributed by atoms with Gasteiger partial charge in [0.2, 0.25) is 0 Å². The molecule has 1 amide bonds. The van der Waals surface area contributed by atoms with Crippen molar-refractivity contribution in [2.45, 2.75) is 6.92 Å². The predicted molar refractivity (Wildman–Crippen MR) is 106 cm³/mol. The molecule has 0 aliphatic carbocycles. The number of carbonyl (C=O) groups is 1. The average Bonchev–Trinajstić information content (AvgIpc) is 2.94. The molecule has 1 aliphatic heterocycles. The number of aryl methyl sites for hydroxylation is 1. The number of carbonyl (C=O) groups excluding carboxylic acids is 1. The molecular weight excluding hydrogens is 356 g/mol. The molecule has 25 heavy (non-hydrogen) atoms. The lowest BCUT2D eigenvalue weighted by molar-refractivity contribution is -0.113. The molecule has 0 saturated carbocycles. The zero-order chi connectivity index (χ0) is 18.0. The van der Waals surface area contributed by atoms with E-state index in [1.165, 1.54) is 11.8 Å². The third-order valence-corrected chi connectivity index (χ3v) is 4.89. The van der Waals surface area contributed by atoms with Crippen molar-refractivity contribution in [3.8, 4) is 5.75 Å². The molecule has 0 aromatic heterocycles. The second kappa shape index (κ2) is 7.33. The number of amides is 1. The molecule has 0 fully saturated rings. The third-order valence-electron chi connectivity index (χ3n) is 3.84. The van der Waals surface area contributed by atoms with E-state index in [2.05, 4.69) is 4.99 Å². The maximum atomic E-state index is 12.9. The van der Waals surface area contributed by atoms with E-state index in [0.717, 1.165) is 16.9 Å². The fraction of sp³-hybridized carbons (Fsp3) is 0.158. The monoisotopic (exact) mass is 372 g/mol. The molecular formula is C19H17ClN2O2S. The van der Waals surface area contributed by atoms with Crippen molar-refractivity contribution in [2.24, 2.45) is 4.99 Å². The third kappa shape index (κ3) is 3.57. The first kappa shape index (κ1) is 17.6. The van der Waals surface area contributed by atoms with Crippen LogP contribution in [0, 0.1) is 6.92 Å². The molecule has 0 spiro atoms. The van der Waals surface area contributed by atoms with Gasteiger partial charge in [0.1, 0.15) is 11.4 Å². The molecule has 2 aromatic carbocycles. The van der Waals surface area contributed by atoms with Crippen LogP contribution in [-0.4, -0.2) is 24.4 Å². The highest BCUT2D eigenvalue weighted by atomic mass is 35.5. The highest BCUT2D eigenvalue weighted by Crippen LogP contribution is 2.31. The Kier molecular flexibility index (Phi) is 5.16. The number of aliphatic imine (C=N–C) groups is 1. The van der Waals surface area contributed by atoms with Crippen LogP contribution in [0.25, 0.3) is 6.08 Å². The van der Waals surface area contributed by atoms with E-state index >= 15 is 0 Å². The largest absolute Gasteiger partial charge is 0.497 e. The fourth-order valence-electron chi connectivity index (χ4n) is 2.44. The minimum absolute atomic E-state index is 0.167. The number of halogens is 1. The SMILES string of the molecule is COc1ccc(/C=C2\N=C(SC)N(c3ccc(C)c(Cl)c3)C2=O)cc1. The predicted octanol–water partition coefficient (Wildman–Crippen LogP) is 4.76. The Balaban J connectivity index is 1.95. The summed E-state index contributed by atoms with van der Waals surface area (Å²) in [6, 6.07) is 13.0. The highest BCUT2D eigenvalue weighted by Gasteiger charge is 2.31. The van der Waals surface area contributed by atoms with Crippen molar-refractivity contribution in [2.75, 3.05) is 18.3 Å². The average molecular weight is 373 g/mol. The molecule has 0 bridgehead atoms. The minimum atomic E-state index is -0.167. The summed E-state index contributed by atoms with van der Waals surface area (Å²) in [6.45, 7) is 1.93. The summed E-state index contributed by atoms with van der Waals surface area (Å²) in [5.74, 6) is 0.601. The number of anilines is 1. The molecule has 1 heterocycles. The second-order valence-corrected chi connectivity index (χ2v) is 6.66. The van der Waals surface area contributed by atoms with Gasteiger partial charge in [-0.2, -0.15) is 0 Å². The van der Waals surface area contributed by atoms with Crippen LogP contribution in [0.3, 0.4) is 0 Å². The van der Waals surface area contributed by atoms with Gasteiger partial charge in [-0.25, -0.2) is 4.99 Å². The van der Waals surface area contributed by atoms with Crippen molar-refractivity contribution in [3.05, 3.63) is 64.3 Å². The maximum Gasteiger partial charge on any atom is 0.283 e. The van der Waals surface area contributed by atoms with E-state index in [0.29, 0.717) is 21.6 Å². The number of thioether (sulfide) groups is 1. The Morgan fingerprint density at radius 2 is 1.92 bits per heavy atom. The number of rotatable bonds is 3. The van der Waals surface area contributed by atoms with Gasteiger partial charge in [0, 0.05) is 5.02 Å². The normalized spacial score (nSPS) is 15.7. The van der Waals surface area contributed by atoms with Crippen LogP contribution in [0.5, 0.6) is 5.75 Å². The van der Waals surface area contributed by atoms with Gasteiger partial charge in [-0.3, -0.25) is 9.69 Å². The number of nitrogens with zero attached hydrogens (tertiary/aromatic N) is 2. The Bertz CT molecular complexity index is 875. The Morgan fingerprint density at radius 3 is 2.52 bits per heavy atom. The number of methoxy groups -OCH3 is 1. The van der Waals surface area contributed by atoms with Gasteiger partial charge >= 0.3 is 0 Å². The van der Waals surface area contributed by atoms with Gasteiger partial charge in [-0.05, 0) is 54.6 Å². The summed E-state index contributed by atoms with van der Waals surface area (Å²) in [4.78, 5) is 18.9.